The van der Waals surface area contributed by atoms with Crippen molar-refractivity contribution >= 4 is 38.6 Å². The predicted molar refractivity (Wildman–Crippen MR) is 106 cm³/mol. The number of aryl methyl sites for hydroxylation is 1. The number of hydrogen-bond donors (Lipinski definition) is 1. The van der Waals surface area contributed by atoms with Gasteiger partial charge in [0.2, 0.25) is 5.89 Å². The molecule has 0 aliphatic carbocycles. The fourth-order valence-corrected chi connectivity index (χ4v) is 3.00. The van der Waals surface area contributed by atoms with Gasteiger partial charge in [0.15, 0.2) is 5.58 Å². The molecule has 0 aliphatic rings. The maximum absolute atomic E-state index is 12.4. The molecule has 0 spiro atoms. The first kappa shape index (κ1) is 16.5. The molecule has 0 radical (unpaired) electrons. The summed E-state index contributed by atoms with van der Waals surface area (Å²) in [4.78, 5) is 16.9. The molecule has 4 rings (SSSR count). The van der Waals surface area contributed by atoms with Gasteiger partial charge in [0.25, 0.3) is 5.91 Å². The van der Waals surface area contributed by atoms with Crippen molar-refractivity contribution in [1.29, 1.82) is 0 Å². The van der Waals surface area contributed by atoms with Crippen molar-refractivity contribution in [2.45, 2.75) is 6.92 Å². The highest BCUT2D eigenvalue weighted by Crippen LogP contribution is 2.28. The van der Waals surface area contributed by atoms with E-state index in [1.807, 2.05) is 61.5 Å². The molecule has 26 heavy (non-hydrogen) atoms. The summed E-state index contributed by atoms with van der Waals surface area (Å²) in [6, 6.07) is 20.6. The maximum atomic E-state index is 12.4. The van der Waals surface area contributed by atoms with Crippen LogP contribution in [0.4, 0.5) is 5.69 Å². The molecule has 0 fully saturated rings. The van der Waals surface area contributed by atoms with Crippen LogP contribution in [0, 0.1) is 6.92 Å². The minimum absolute atomic E-state index is 0.167. The molecule has 0 aliphatic heterocycles. The predicted octanol–water partition coefficient (Wildman–Crippen LogP) is 5.82. The summed E-state index contributed by atoms with van der Waals surface area (Å²) >= 11 is 3.36. The topological polar surface area (TPSA) is 55.1 Å². The number of oxazole rings is 1. The van der Waals surface area contributed by atoms with E-state index in [0.29, 0.717) is 28.2 Å². The van der Waals surface area contributed by atoms with Crippen molar-refractivity contribution in [3.8, 4) is 11.5 Å². The highest BCUT2D eigenvalue weighted by molar-refractivity contribution is 9.10. The van der Waals surface area contributed by atoms with E-state index in [2.05, 4.69) is 26.2 Å². The Hall–Kier alpha value is -2.92. The smallest absolute Gasteiger partial charge is 0.255 e. The minimum Gasteiger partial charge on any atom is -0.436 e. The monoisotopic (exact) mass is 406 g/mol. The van der Waals surface area contributed by atoms with Gasteiger partial charge in [-0.05, 0) is 61.0 Å². The minimum atomic E-state index is -0.167. The van der Waals surface area contributed by atoms with Gasteiger partial charge in [0.1, 0.15) is 5.52 Å². The molecule has 0 unspecified atom stereocenters. The molecular formula is C21H15BrN2O2. The summed E-state index contributed by atoms with van der Waals surface area (Å²) in [7, 11) is 0. The molecule has 1 aromatic heterocycles. The van der Waals surface area contributed by atoms with E-state index in [0.717, 1.165) is 15.6 Å². The maximum Gasteiger partial charge on any atom is 0.255 e. The highest BCUT2D eigenvalue weighted by Gasteiger charge is 2.12. The molecule has 1 amide bonds. The molecule has 1 heterocycles. The molecule has 5 heteroatoms. The molecule has 128 valence electrons. The summed E-state index contributed by atoms with van der Waals surface area (Å²) in [5, 5.41) is 2.89. The standard InChI is InChI=1S/C21H15BrN2O2/c1-13-4-2-3-5-17(13)21-24-18-12-16(10-11-19(18)26-21)23-20(25)14-6-8-15(22)9-7-14/h2-12H,1H3,(H,23,25). The van der Waals surface area contributed by atoms with Gasteiger partial charge < -0.3 is 9.73 Å². The van der Waals surface area contributed by atoms with Crippen LogP contribution in [-0.4, -0.2) is 10.9 Å². The zero-order valence-corrected chi connectivity index (χ0v) is 15.6. The van der Waals surface area contributed by atoms with Gasteiger partial charge in [-0.25, -0.2) is 4.98 Å². The van der Waals surface area contributed by atoms with Crippen molar-refractivity contribution in [2.75, 3.05) is 5.32 Å². The van der Waals surface area contributed by atoms with E-state index in [1.165, 1.54) is 0 Å². The van der Waals surface area contributed by atoms with Gasteiger partial charge in [0.05, 0.1) is 0 Å². The average Bonchev–Trinajstić information content (AvgIpc) is 3.05. The Kier molecular flexibility index (Phi) is 4.31. The van der Waals surface area contributed by atoms with Crippen LogP contribution in [0.25, 0.3) is 22.6 Å². The van der Waals surface area contributed by atoms with Gasteiger partial charge in [-0.15, -0.1) is 0 Å². The summed E-state index contributed by atoms with van der Waals surface area (Å²) in [5.41, 5.74) is 4.72. The van der Waals surface area contributed by atoms with E-state index >= 15 is 0 Å². The first-order chi connectivity index (χ1) is 12.6. The lowest BCUT2D eigenvalue weighted by atomic mass is 10.1. The second-order valence-corrected chi connectivity index (χ2v) is 6.89. The molecular weight excluding hydrogens is 392 g/mol. The Balaban J connectivity index is 1.62. The quantitative estimate of drug-likeness (QED) is 0.466. The number of aromatic nitrogens is 1. The van der Waals surface area contributed by atoms with Crippen LogP contribution in [-0.2, 0) is 0 Å². The number of carbonyl (C=O) groups excluding carboxylic acids is 1. The number of anilines is 1. The zero-order valence-electron chi connectivity index (χ0n) is 14.0. The summed E-state index contributed by atoms with van der Waals surface area (Å²) in [5.74, 6) is 0.411. The number of halogens is 1. The fourth-order valence-electron chi connectivity index (χ4n) is 2.74. The summed E-state index contributed by atoms with van der Waals surface area (Å²) in [6.45, 7) is 2.02. The largest absolute Gasteiger partial charge is 0.436 e. The Morgan fingerprint density at radius 2 is 1.81 bits per heavy atom. The van der Waals surface area contributed by atoms with Crippen molar-refractivity contribution in [1.82, 2.24) is 4.98 Å². The molecule has 0 bridgehead atoms. The van der Waals surface area contributed by atoms with Crippen LogP contribution in [0.2, 0.25) is 0 Å². The van der Waals surface area contributed by atoms with Gasteiger partial charge in [-0.2, -0.15) is 0 Å². The first-order valence-electron chi connectivity index (χ1n) is 8.14. The van der Waals surface area contributed by atoms with E-state index < -0.39 is 0 Å². The number of fused-ring (bicyclic) bond motifs is 1. The fraction of sp³-hybridized carbons (Fsp3) is 0.0476. The van der Waals surface area contributed by atoms with Gasteiger partial charge in [-0.3, -0.25) is 4.79 Å². The SMILES string of the molecule is Cc1ccccc1-c1nc2cc(NC(=O)c3ccc(Br)cc3)ccc2o1. The van der Waals surface area contributed by atoms with E-state index in [-0.39, 0.29) is 5.91 Å². The highest BCUT2D eigenvalue weighted by atomic mass is 79.9. The number of amides is 1. The Bertz CT molecular complexity index is 1100. The second-order valence-electron chi connectivity index (χ2n) is 5.98. The molecule has 0 saturated carbocycles. The number of nitrogens with zero attached hydrogens (tertiary/aromatic N) is 1. The molecule has 0 atom stereocenters. The van der Waals surface area contributed by atoms with Crippen LogP contribution in [0.5, 0.6) is 0 Å². The number of hydrogen-bond acceptors (Lipinski definition) is 3. The lowest BCUT2D eigenvalue weighted by Crippen LogP contribution is -2.11. The van der Waals surface area contributed by atoms with Crippen molar-refractivity contribution in [3.63, 3.8) is 0 Å². The number of rotatable bonds is 3. The molecule has 3 aromatic carbocycles. The van der Waals surface area contributed by atoms with Gasteiger partial charge in [0, 0.05) is 21.3 Å². The molecule has 1 N–H and O–H groups in total. The van der Waals surface area contributed by atoms with E-state index in [4.69, 9.17) is 4.42 Å². The van der Waals surface area contributed by atoms with Gasteiger partial charge >= 0.3 is 0 Å². The van der Waals surface area contributed by atoms with Crippen molar-refractivity contribution in [2.24, 2.45) is 0 Å². The van der Waals surface area contributed by atoms with Crippen molar-refractivity contribution in [3.05, 3.63) is 82.3 Å². The Labute approximate surface area is 159 Å². The summed E-state index contributed by atoms with van der Waals surface area (Å²) < 4.78 is 6.80. The average molecular weight is 407 g/mol. The zero-order chi connectivity index (χ0) is 18.1. The van der Waals surface area contributed by atoms with Crippen LogP contribution < -0.4 is 5.32 Å². The molecule has 4 nitrogen and oxygen atoms in total. The number of carbonyl (C=O) groups is 1. The number of benzene rings is 3. The second kappa shape index (κ2) is 6.77. The molecule has 0 saturated heterocycles. The van der Waals surface area contributed by atoms with Gasteiger partial charge in [-0.1, -0.05) is 34.1 Å². The van der Waals surface area contributed by atoms with Crippen molar-refractivity contribution < 1.29 is 9.21 Å². The number of nitrogens with one attached hydrogen (secondary N) is 1. The summed E-state index contributed by atoms with van der Waals surface area (Å²) in [6.07, 6.45) is 0. The lowest BCUT2D eigenvalue weighted by Gasteiger charge is -2.05. The normalized spacial score (nSPS) is 10.8. The molecule has 4 aromatic rings. The van der Waals surface area contributed by atoms with E-state index in [9.17, 15) is 4.79 Å². The first-order valence-corrected chi connectivity index (χ1v) is 8.93. The lowest BCUT2D eigenvalue weighted by molar-refractivity contribution is 0.102. The Morgan fingerprint density at radius 3 is 2.58 bits per heavy atom. The Morgan fingerprint density at radius 1 is 1.04 bits per heavy atom. The van der Waals surface area contributed by atoms with Crippen LogP contribution >= 0.6 is 15.9 Å². The third-order valence-electron chi connectivity index (χ3n) is 4.13. The third-order valence-corrected chi connectivity index (χ3v) is 4.66. The van der Waals surface area contributed by atoms with E-state index in [1.54, 1.807) is 12.1 Å². The third kappa shape index (κ3) is 3.26. The van der Waals surface area contributed by atoms with Crippen LogP contribution in [0.15, 0.2) is 75.6 Å². The van der Waals surface area contributed by atoms with Crippen LogP contribution in [0.3, 0.4) is 0 Å². The van der Waals surface area contributed by atoms with Crippen LogP contribution in [0.1, 0.15) is 15.9 Å².